The fourth-order valence-electron chi connectivity index (χ4n) is 2.64. The first-order valence-electron chi connectivity index (χ1n) is 7.44. The monoisotopic (exact) mass is 343 g/mol. The molecule has 0 aliphatic carbocycles. The van der Waals surface area contributed by atoms with Crippen molar-refractivity contribution in [3.05, 3.63) is 30.1 Å². The van der Waals surface area contributed by atoms with Crippen molar-refractivity contribution in [1.29, 1.82) is 0 Å². The minimum Gasteiger partial charge on any atom is -0.347 e. The lowest BCUT2D eigenvalue weighted by Crippen LogP contribution is -2.54. The topological polar surface area (TPSA) is 60.9 Å². The first kappa shape index (κ1) is 17.8. The molecule has 1 fully saturated rings. The lowest BCUT2D eigenvalue weighted by atomic mass is 10.2. The highest BCUT2D eigenvalue weighted by Crippen LogP contribution is 2.19. The molecule has 0 N–H and O–H groups in total. The number of hydrogen-bond acceptors (Lipinski definition) is 4. The second-order valence-electron chi connectivity index (χ2n) is 5.81. The summed E-state index contributed by atoms with van der Waals surface area (Å²) in [6, 6.07) is 4.73. The molecule has 6 nitrogen and oxygen atoms in total. The molecule has 23 heavy (non-hydrogen) atoms. The number of carbonyl (C=O) groups excluding carboxylic acids is 1. The van der Waals surface area contributed by atoms with Gasteiger partial charge in [-0.1, -0.05) is 6.07 Å². The van der Waals surface area contributed by atoms with Gasteiger partial charge in [-0.15, -0.1) is 0 Å². The van der Waals surface area contributed by atoms with E-state index in [-0.39, 0.29) is 29.9 Å². The van der Waals surface area contributed by atoms with Gasteiger partial charge in [-0.25, -0.2) is 12.8 Å². The van der Waals surface area contributed by atoms with Crippen LogP contribution in [0.1, 0.15) is 6.92 Å². The zero-order valence-electron chi connectivity index (χ0n) is 13.6. The van der Waals surface area contributed by atoms with Crippen LogP contribution in [0.4, 0.5) is 4.39 Å². The minimum atomic E-state index is -3.70. The number of halogens is 1. The Hall–Kier alpha value is -1.51. The van der Waals surface area contributed by atoms with E-state index in [4.69, 9.17) is 0 Å². The van der Waals surface area contributed by atoms with Crippen LogP contribution in [0.15, 0.2) is 29.2 Å². The molecule has 1 aliphatic rings. The molecule has 0 radical (unpaired) electrons. The van der Waals surface area contributed by atoms with Crippen LogP contribution >= 0.6 is 0 Å². The Morgan fingerprint density at radius 3 is 2.35 bits per heavy atom. The van der Waals surface area contributed by atoms with Gasteiger partial charge in [0.15, 0.2) is 0 Å². The maximum absolute atomic E-state index is 13.3. The van der Waals surface area contributed by atoms with Gasteiger partial charge in [-0.05, 0) is 25.1 Å². The quantitative estimate of drug-likeness (QED) is 0.804. The summed E-state index contributed by atoms with van der Waals surface area (Å²) >= 11 is 0. The van der Waals surface area contributed by atoms with Gasteiger partial charge in [0.25, 0.3) is 0 Å². The molecule has 1 aromatic carbocycles. The van der Waals surface area contributed by atoms with Crippen molar-refractivity contribution >= 4 is 15.9 Å². The number of carbonyl (C=O) groups is 1. The number of piperazine rings is 1. The van der Waals surface area contributed by atoms with E-state index < -0.39 is 15.8 Å². The van der Waals surface area contributed by atoms with Gasteiger partial charge in [-0.2, -0.15) is 4.31 Å². The van der Waals surface area contributed by atoms with E-state index in [0.717, 1.165) is 6.07 Å². The number of nitrogens with zero attached hydrogens (tertiary/aromatic N) is 3. The van der Waals surface area contributed by atoms with Crippen molar-refractivity contribution in [3.8, 4) is 0 Å². The average molecular weight is 343 g/mol. The molecule has 1 aliphatic heterocycles. The number of likely N-dealkylation sites (N-methyl/N-ethyl adjacent to an activating group) is 1. The van der Waals surface area contributed by atoms with E-state index in [1.807, 2.05) is 11.8 Å². The number of sulfonamides is 1. The Morgan fingerprint density at radius 1 is 1.22 bits per heavy atom. The largest absolute Gasteiger partial charge is 0.347 e. The van der Waals surface area contributed by atoms with Crippen molar-refractivity contribution in [2.75, 3.05) is 40.3 Å². The molecule has 1 heterocycles. The SMILES string of the molecule is C[C@@H](C(=O)N(C)C)N1CCN(S(=O)(=O)c2cccc(F)c2)CC1. The molecular weight excluding hydrogens is 321 g/mol. The van der Waals surface area contributed by atoms with Gasteiger partial charge >= 0.3 is 0 Å². The third kappa shape index (κ3) is 3.88. The summed E-state index contributed by atoms with van der Waals surface area (Å²) in [4.78, 5) is 15.4. The zero-order chi connectivity index (χ0) is 17.2. The molecule has 128 valence electrons. The smallest absolute Gasteiger partial charge is 0.243 e. The highest BCUT2D eigenvalue weighted by Gasteiger charge is 2.32. The number of rotatable bonds is 4. The van der Waals surface area contributed by atoms with Gasteiger partial charge in [0.05, 0.1) is 10.9 Å². The van der Waals surface area contributed by atoms with Crippen LogP contribution in [-0.2, 0) is 14.8 Å². The van der Waals surface area contributed by atoms with E-state index in [2.05, 4.69) is 0 Å². The molecule has 0 saturated carbocycles. The summed E-state index contributed by atoms with van der Waals surface area (Å²) < 4.78 is 39.6. The third-order valence-corrected chi connectivity index (χ3v) is 5.95. The molecule has 1 amide bonds. The Balaban J connectivity index is 2.05. The van der Waals surface area contributed by atoms with Gasteiger partial charge < -0.3 is 4.90 Å². The molecule has 1 aromatic rings. The summed E-state index contributed by atoms with van der Waals surface area (Å²) in [5, 5.41) is 0. The Kier molecular flexibility index (Phi) is 5.38. The van der Waals surface area contributed by atoms with Crippen LogP contribution in [0.5, 0.6) is 0 Å². The molecule has 1 saturated heterocycles. The van der Waals surface area contributed by atoms with E-state index >= 15 is 0 Å². The highest BCUT2D eigenvalue weighted by molar-refractivity contribution is 7.89. The second-order valence-corrected chi connectivity index (χ2v) is 7.74. The van der Waals surface area contributed by atoms with Crippen LogP contribution < -0.4 is 0 Å². The molecule has 1 atom stereocenters. The number of benzene rings is 1. The third-order valence-electron chi connectivity index (χ3n) is 4.05. The van der Waals surface area contributed by atoms with Crippen molar-refractivity contribution in [1.82, 2.24) is 14.1 Å². The van der Waals surface area contributed by atoms with Gasteiger partial charge in [0.2, 0.25) is 15.9 Å². The number of amides is 1. The maximum Gasteiger partial charge on any atom is 0.243 e. The van der Waals surface area contributed by atoms with Crippen LogP contribution in [0.2, 0.25) is 0 Å². The predicted octanol–water partition coefficient (Wildman–Crippen LogP) is 0.609. The van der Waals surface area contributed by atoms with Crippen LogP contribution in [-0.4, -0.2) is 74.7 Å². The lowest BCUT2D eigenvalue weighted by molar-refractivity contribution is -0.134. The summed E-state index contributed by atoms with van der Waals surface area (Å²) in [7, 11) is -0.303. The fraction of sp³-hybridized carbons (Fsp3) is 0.533. The molecule has 8 heteroatoms. The summed E-state index contributed by atoms with van der Waals surface area (Å²) in [5.74, 6) is -0.582. The van der Waals surface area contributed by atoms with Gasteiger partial charge in [-0.3, -0.25) is 9.69 Å². The van der Waals surface area contributed by atoms with E-state index in [0.29, 0.717) is 13.1 Å². The van der Waals surface area contributed by atoms with Crippen molar-refractivity contribution in [2.45, 2.75) is 17.9 Å². The molecule has 0 bridgehead atoms. The Bertz CT molecular complexity index is 670. The van der Waals surface area contributed by atoms with E-state index in [9.17, 15) is 17.6 Å². The minimum absolute atomic E-state index is 0.00793. The standard InChI is InChI=1S/C15H22FN3O3S/c1-12(15(20)17(2)3)18-7-9-19(10-8-18)23(21,22)14-6-4-5-13(16)11-14/h4-6,11-12H,7-10H2,1-3H3/t12-/m0/s1. The Morgan fingerprint density at radius 2 is 1.83 bits per heavy atom. The molecule has 0 spiro atoms. The number of hydrogen-bond donors (Lipinski definition) is 0. The first-order chi connectivity index (χ1) is 10.7. The molecule has 2 rings (SSSR count). The first-order valence-corrected chi connectivity index (χ1v) is 8.88. The average Bonchev–Trinajstić information content (AvgIpc) is 2.53. The van der Waals surface area contributed by atoms with Crippen LogP contribution in [0.25, 0.3) is 0 Å². The predicted molar refractivity (Wildman–Crippen MR) is 84.9 cm³/mol. The molecule has 0 unspecified atom stereocenters. The summed E-state index contributed by atoms with van der Waals surface area (Å²) in [5.41, 5.74) is 0. The second kappa shape index (κ2) is 6.94. The summed E-state index contributed by atoms with van der Waals surface area (Å²) in [6.07, 6.45) is 0. The van der Waals surface area contributed by atoms with Crippen LogP contribution in [0.3, 0.4) is 0 Å². The Labute approximate surface area is 136 Å². The summed E-state index contributed by atoms with van der Waals surface area (Å²) in [6.45, 7) is 3.32. The van der Waals surface area contributed by atoms with Gasteiger partial charge in [0.1, 0.15) is 5.82 Å². The maximum atomic E-state index is 13.3. The fourth-order valence-corrected chi connectivity index (χ4v) is 4.09. The van der Waals surface area contributed by atoms with Crippen molar-refractivity contribution in [3.63, 3.8) is 0 Å². The van der Waals surface area contributed by atoms with Crippen LogP contribution in [0, 0.1) is 5.82 Å². The zero-order valence-corrected chi connectivity index (χ0v) is 14.4. The van der Waals surface area contributed by atoms with E-state index in [1.54, 1.807) is 14.1 Å². The normalized spacial score (nSPS) is 18.6. The molecule has 0 aromatic heterocycles. The molecular formula is C15H22FN3O3S. The van der Waals surface area contributed by atoms with Crippen molar-refractivity contribution in [2.24, 2.45) is 0 Å². The highest BCUT2D eigenvalue weighted by atomic mass is 32.2. The van der Waals surface area contributed by atoms with Crippen molar-refractivity contribution < 1.29 is 17.6 Å². The van der Waals surface area contributed by atoms with E-state index in [1.165, 1.54) is 27.4 Å². The van der Waals surface area contributed by atoms with Gasteiger partial charge in [0, 0.05) is 40.3 Å². The lowest BCUT2D eigenvalue weighted by Gasteiger charge is -2.37.